The number of carbonyl (C=O) groups excluding carboxylic acids is 1. The van der Waals surface area contributed by atoms with Gasteiger partial charge in [-0.2, -0.15) is 0 Å². The van der Waals surface area contributed by atoms with Gasteiger partial charge in [0.25, 0.3) is 0 Å². The minimum Gasteiger partial charge on any atom is -0.493 e. The van der Waals surface area contributed by atoms with Crippen LogP contribution in [0.2, 0.25) is 0 Å². The molecule has 4 heteroatoms. The quantitative estimate of drug-likeness (QED) is 0.842. The van der Waals surface area contributed by atoms with Gasteiger partial charge in [-0.05, 0) is 37.5 Å². The van der Waals surface area contributed by atoms with Crippen LogP contribution in [0.1, 0.15) is 29.6 Å². The van der Waals surface area contributed by atoms with Crippen LogP contribution >= 0.6 is 0 Å². The van der Waals surface area contributed by atoms with Crippen LogP contribution < -0.4 is 14.8 Å². The first kappa shape index (κ1) is 12.5. The number of hydrogen-bond acceptors (Lipinski definition) is 4. The Kier molecular flexibility index (Phi) is 3.19. The lowest BCUT2D eigenvalue weighted by atomic mass is 9.83. The van der Waals surface area contributed by atoms with Crippen molar-refractivity contribution in [3.8, 4) is 11.5 Å². The normalized spacial score (nSPS) is 28.4. The van der Waals surface area contributed by atoms with Crippen LogP contribution in [0.5, 0.6) is 11.5 Å². The Balaban J connectivity index is 1.84. The maximum absolute atomic E-state index is 12.6. The Labute approximate surface area is 113 Å². The van der Waals surface area contributed by atoms with Crippen LogP contribution in [0.3, 0.4) is 0 Å². The minimum atomic E-state index is 0.122. The summed E-state index contributed by atoms with van der Waals surface area (Å²) in [5.41, 5.74) is 0.719. The molecular formula is C15H19NO3. The van der Waals surface area contributed by atoms with Gasteiger partial charge in [-0.25, -0.2) is 0 Å². The van der Waals surface area contributed by atoms with E-state index in [1.807, 2.05) is 6.07 Å². The van der Waals surface area contributed by atoms with E-state index in [0.29, 0.717) is 23.6 Å². The first-order valence-corrected chi connectivity index (χ1v) is 6.75. The summed E-state index contributed by atoms with van der Waals surface area (Å²) < 4.78 is 10.5. The van der Waals surface area contributed by atoms with Gasteiger partial charge in [0.2, 0.25) is 0 Å². The molecule has 19 heavy (non-hydrogen) atoms. The van der Waals surface area contributed by atoms with Gasteiger partial charge in [-0.3, -0.25) is 4.79 Å². The van der Waals surface area contributed by atoms with E-state index >= 15 is 0 Å². The highest BCUT2D eigenvalue weighted by Gasteiger charge is 2.42. The third kappa shape index (κ3) is 2.10. The van der Waals surface area contributed by atoms with Gasteiger partial charge in [0, 0.05) is 23.6 Å². The molecule has 2 bridgehead atoms. The number of methoxy groups -OCH3 is 2. The summed E-state index contributed by atoms with van der Waals surface area (Å²) in [6, 6.07) is 6.32. The molecular weight excluding hydrogens is 242 g/mol. The third-order valence-corrected chi connectivity index (χ3v) is 4.30. The molecule has 2 heterocycles. The number of fused-ring (bicyclic) bond motifs is 2. The number of rotatable bonds is 4. The van der Waals surface area contributed by atoms with E-state index < -0.39 is 0 Å². The molecule has 3 unspecified atom stereocenters. The molecule has 2 aliphatic heterocycles. The fourth-order valence-corrected chi connectivity index (χ4v) is 3.32. The van der Waals surface area contributed by atoms with Crippen LogP contribution in [0.15, 0.2) is 18.2 Å². The molecule has 4 nitrogen and oxygen atoms in total. The fraction of sp³-hybridized carbons (Fsp3) is 0.533. The van der Waals surface area contributed by atoms with E-state index in [1.165, 1.54) is 6.42 Å². The molecule has 0 aliphatic carbocycles. The first-order chi connectivity index (χ1) is 9.22. The van der Waals surface area contributed by atoms with Gasteiger partial charge in [-0.1, -0.05) is 0 Å². The lowest BCUT2D eigenvalue weighted by Gasteiger charge is -2.19. The van der Waals surface area contributed by atoms with Crippen LogP contribution in [-0.2, 0) is 0 Å². The number of ether oxygens (including phenoxy) is 2. The lowest BCUT2D eigenvalue weighted by Crippen LogP contribution is -2.28. The van der Waals surface area contributed by atoms with Crippen molar-refractivity contribution in [1.29, 1.82) is 0 Å². The standard InChI is InChI=1S/C15H19NO3/c1-18-13-6-3-9(7-14(13)19-2)15(17)11-8-10-4-5-12(11)16-10/h3,6-7,10-12,16H,4-5,8H2,1-2H3. The molecule has 3 rings (SSSR count). The topological polar surface area (TPSA) is 47.6 Å². The van der Waals surface area contributed by atoms with E-state index in [0.717, 1.165) is 18.4 Å². The Morgan fingerprint density at radius 1 is 1.21 bits per heavy atom. The molecule has 0 radical (unpaired) electrons. The van der Waals surface area contributed by atoms with Gasteiger partial charge < -0.3 is 14.8 Å². The molecule has 2 saturated heterocycles. The second-order valence-electron chi connectivity index (χ2n) is 5.32. The van der Waals surface area contributed by atoms with Crippen LogP contribution in [-0.4, -0.2) is 32.1 Å². The van der Waals surface area contributed by atoms with Gasteiger partial charge >= 0.3 is 0 Å². The second kappa shape index (κ2) is 4.85. The Morgan fingerprint density at radius 2 is 2.00 bits per heavy atom. The molecule has 102 valence electrons. The lowest BCUT2D eigenvalue weighted by molar-refractivity contribution is 0.0900. The van der Waals surface area contributed by atoms with Gasteiger partial charge in [0.05, 0.1) is 14.2 Å². The summed E-state index contributed by atoms with van der Waals surface area (Å²) >= 11 is 0. The van der Waals surface area contributed by atoms with Gasteiger partial charge in [-0.15, -0.1) is 0 Å². The van der Waals surface area contributed by atoms with Crippen molar-refractivity contribution in [2.24, 2.45) is 5.92 Å². The third-order valence-electron chi connectivity index (χ3n) is 4.30. The number of hydrogen-bond donors (Lipinski definition) is 1. The number of ketones is 1. The largest absolute Gasteiger partial charge is 0.493 e. The summed E-state index contributed by atoms with van der Waals surface area (Å²) in [7, 11) is 3.18. The Hall–Kier alpha value is -1.55. The van der Waals surface area contributed by atoms with Crippen LogP contribution in [0.25, 0.3) is 0 Å². The van der Waals surface area contributed by atoms with E-state index in [2.05, 4.69) is 5.32 Å². The molecule has 3 atom stereocenters. The van der Waals surface area contributed by atoms with Crippen molar-refractivity contribution < 1.29 is 14.3 Å². The minimum absolute atomic E-state index is 0.122. The molecule has 2 aliphatic rings. The van der Waals surface area contributed by atoms with Crippen LogP contribution in [0.4, 0.5) is 0 Å². The van der Waals surface area contributed by atoms with Crippen molar-refractivity contribution in [1.82, 2.24) is 5.32 Å². The molecule has 1 aromatic rings. The average molecular weight is 261 g/mol. The van der Waals surface area contributed by atoms with Crippen molar-refractivity contribution in [3.63, 3.8) is 0 Å². The molecule has 0 amide bonds. The predicted octanol–water partition coefficient (Wildman–Crippen LogP) is 2.03. The average Bonchev–Trinajstić information content (AvgIpc) is 3.08. The highest BCUT2D eigenvalue weighted by molar-refractivity contribution is 5.99. The fourth-order valence-electron chi connectivity index (χ4n) is 3.32. The number of carbonyl (C=O) groups is 1. The second-order valence-corrected chi connectivity index (χ2v) is 5.32. The van der Waals surface area contributed by atoms with E-state index in [-0.39, 0.29) is 11.7 Å². The molecule has 1 N–H and O–H groups in total. The molecule has 1 aromatic carbocycles. The predicted molar refractivity (Wildman–Crippen MR) is 71.9 cm³/mol. The first-order valence-electron chi connectivity index (χ1n) is 6.75. The summed E-state index contributed by atoms with van der Waals surface area (Å²) in [5, 5.41) is 3.50. The highest BCUT2D eigenvalue weighted by Crippen LogP contribution is 2.36. The number of Topliss-reactive ketones (excluding diaryl/α,β-unsaturated/α-hetero) is 1. The summed E-state index contributed by atoms with van der Waals surface area (Å²) in [6.45, 7) is 0. The summed E-state index contributed by atoms with van der Waals surface area (Å²) in [5.74, 6) is 1.62. The highest BCUT2D eigenvalue weighted by atomic mass is 16.5. The van der Waals surface area contributed by atoms with Crippen molar-refractivity contribution >= 4 is 5.78 Å². The molecule has 0 spiro atoms. The number of benzene rings is 1. The summed E-state index contributed by atoms with van der Waals surface area (Å²) in [6.07, 6.45) is 3.30. The SMILES string of the molecule is COc1ccc(C(=O)C2CC3CCC2N3)cc1OC. The molecule has 2 fully saturated rings. The maximum Gasteiger partial charge on any atom is 0.167 e. The smallest absolute Gasteiger partial charge is 0.167 e. The zero-order valence-electron chi connectivity index (χ0n) is 11.3. The van der Waals surface area contributed by atoms with Crippen LogP contribution in [0, 0.1) is 5.92 Å². The Bertz CT molecular complexity index is 500. The zero-order valence-corrected chi connectivity index (χ0v) is 11.3. The molecule has 0 aromatic heterocycles. The van der Waals surface area contributed by atoms with Gasteiger partial charge in [0.15, 0.2) is 17.3 Å². The van der Waals surface area contributed by atoms with E-state index in [9.17, 15) is 4.79 Å². The van der Waals surface area contributed by atoms with E-state index in [1.54, 1.807) is 26.4 Å². The molecule has 0 saturated carbocycles. The Morgan fingerprint density at radius 3 is 2.58 bits per heavy atom. The zero-order chi connectivity index (χ0) is 13.4. The number of nitrogens with one attached hydrogen (secondary N) is 1. The monoisotopic (exact) mass is 261 g/mol. The van der Waals surface area contributed by atoms with Gasteiger partial charge in [0.1, 0.15) is 0 Å². The van der Waals surface area contributed by atoms with Crippen molar-refractivity contribution in [3.05, 3.63) is 23.8 Å². The summed E-state index contributed by atoms with van der Waals surface area (Å²) in [4.78, 5) is 12.6. The maximum atomic E-state index is 12.6. The van der Waals surface area contributed by atoms with Crippen molar-refractivity contribution in [2.45, 2.75) is 31.3 Å². The van der Waals surface area contributed by atoms with Crippen molar-refractivity contribution in [2.75, 3.05) is 14.2 Å². The van der Waals surface area contributed by atoms with E-state index in [4.69, 9.17) is 9.47 Å².